The highest BCUT2D eigenvalue weighted by Gasteiger charge is 2.47. The van der Waals surface area contributed by atoms with Crippen LogP contribution >= 0.6 is 0 Å². The molecular weight excluding hydrogens is 492 g/mol. The molecule has 0 amide bonds. The van der Waals surface area contributed by atoms with Gasteiger partial charge < -0.3 is 14.6 Å². The second-order valence-corrected chi connectivity index (χ2v) is 13.4. The molecule has 0 saturated heterocycles. The van der Waals surface area contributed by atoms with Gasteiger partial charge >= 0.3 is 17.9 Å². The van der Waals surface area contributed by atoms with Gasteiger partial charge in [-0.25, -0.2) is 0 Å². The van der Waals surface area contributed by atoms with Crippen molar-refractivity contribution in [2.24, 2.45) is 5.41 Å². The van der Waals surface area contributed by atoms with Crippen molar-refractivity contribution in [3.8, 4) is 0 Å². The molecule has 39 heavy (non-hydrogen) atoms. The summed E-state index contributed by atoms with van der Waals surface area (Å²) in [7, 11) is 0. The van der Waals surface area contributed by atoms with Gasteiger partial charge in [-0.15, -0.1) is 0 Å². The number of hydrogen-bond acceptors (Lipinski definition) is 5. The molecule has 6 nitrogen and oxygen atoms in total. The molecule has 0 bridgehead atoms. The van der Waals surface area contributed by atoms with Crippen LogP contribution in [0.25, 0.3) is 0 Å². The smallest absolute Gasteiger partial charge is 0.323 e. The first-order valence-electron chi connectivity index (χ1n) is 15.9. The first-order valence-corrected chi connectivity index (χ1v) is 15.9. The van der Waals surface area contributed by atoms with Crippen LogP contribution in [0.1, 0.15) is 177 Å². The van der Waals surface area contributed by atoms with Crippen molar-refractivity contribution < 1.29 is 29.0 Å². The van der Waals surface area contributed by atoms with Crippen LogP contribution in [0.15, 0.2) is 0 Å². The highest BCUT2D eigenvalue weighted by Crippen LogP contribution is 2.35. The maximum atomic E-state index is 13.1. The standard InChI is InChI=1S/C33H62O6/c1-8-9-10-11-12-14-17-20-23-26-33(29(35)36,30(37)39-32(5,6)7)27-24-21-18-15-13-16-19-22-25-28(34)38-31(2,3)4/h8-27H2,1-7H3,(H,35,36). The number of rotatable bonds is 23. The van der Waals surface area contributed by atoms with E-state index in [-0.39, 0.29) is 5.97 Å². The van der Waals surface area contributed by atoms with Gasteiger partial charge in [0.05, 0.1) is 0 Å². The number of aliphatic carboxylic acids is 1. The van der Waals surface area contributed by atoms with Gasteiger partial charge in [0.25, 0.3) is 0 Å². The molecule has 0 rings (SSSR count). The van der Waals surface area contributed by atoms with E-state index in [9.17, 15) is 19.5 Å². The minimum Gasteiger partial charge on any atom is -0.480 e. The fourth-order valence-corrected chi connectivity index (χ4v) is 4.89. The molecule has 0 heterocycles. The third-order valence-electron chi connectivity index (χ3n) is 7.06. The summed E-state index contributed by atoms with van der Waals surface area (Å²) in [5.74, 6) is -1.75. The van der Waals surface area contributed by atoms with Crippen LogP contribution in [0.4, 0.5) is 0 Å². The Hall–Kier alpha value is -1.59. The topological polar surface area (TPSA) is 89.9 Å². The van der Waals surface area contributed by atoms with E-state index in [2.05, 4.69) is 6.92 Å². The van der Waals surface area contributed by atoms with Crippen molar-refractivity contribution in [1.82, 2.24) is 0 Å². The summed E-state index contributed by atoms with van der Waals surface area (Å²) in [6.45, 7) is 13.3. The molecule has 230 valence electrons. The summed E-state index contributed by atoms with van der Waals surface area (Å²) in [6, 6.07) is 0. The zero-order valence-electron chi connectivity index (χ0n) is 26.6. The van der Waals surface area contributed by atoms with E-state index in [0.29, 0.717) is 25.7 Å². The van der Waals surface area contributed by atoms with Crippen LogP contribution in [0.3, 0.4) is 0 Å². The van der Waals surface area contributed by atoms with E-state index in [0.717, 1.165) is 64.2 Å². The Labute approximate surface area is 240 Å². The Kier molecular flexibility index (Phi) is 19.5. The Morgan fingerprint density at radius 1 is 0.538 bits per heavy atom. The molecule has 0 aromatic heterocycles. The van der Waals surface area contributed by atoms with Gasteiger partial charge in [-0.3, -0.25) is 14.4 Å². The van der Waals surface area contributed by atoms with Gasteiger partial charge in [-0.05, 0) is 60.8 Å². The highest BCUT2D eigenvalue weighted by molar-refractivity contribution is 5.99. The Morgan fingerprint density at radius 2 is 0.897 bits per heavy atom. The minimum absolute atomic E-state index is 0.128. The van der Waals surface area contributed by atoms with Crippen LogP contribution < -0.4 is 0 Å². The third kappa shape index (κ3) is 20.0. The van der Waals surface area contributed by atoms with Crippen molar-refractivity contribution in [1.29, 1.82) is 0 Å². The van der Waals surface area contributed by atoms with Gasteiger partial charge in [0, 0.05) is 6.42 Å². The molecule has 1 unspecified atom stereocenters. The predicted octanol–water partition coefficient (Wildman–Crippen LogP) is 9.56. The van der Waals surface area contributed by atoms with Crippen molar-refractivity contribution in [2.75, 3.05) is 0 Å². The molecule has 0 fully saturated rings. The van der Waals surface area contributed by atoms with Gasteiger partial charge in [-0.1, -0.05) is 110 Å². The summed E-state index contributed by atoms with van der Waals surface area (Å²) in [6.07, 6.45) is 19.3. The second-order valence-electron chi connectivity index (χ2n) is 13.4. The van der Waals surface area contributed by atoms with Crippen molar-refractivity contribution in [3.63, 3.8) is 0 Å². The van der Waals surface area contributed by atoms with Crippen LogP contribution in [0.2, 0.25) is 0 Å². The molecule has 0 radical (unpaired) electrons. The SMILES string of the molecule is CCCCCCCCCCCC(CCCCCCCCCCC(=O)OC(C)(C)C)(C(=O)O)C(=O)OC(C)(C)C. The molecule has 0 aliphatic rings. The van der Waals surface area contributed by atoms with Crippen molar-refractivity contribution in [2.45, 2.75) is 188 Å². The first kappa shape index (κ1) is 37.4. The predicted molar refractivity (Wildman–Crippen MR) is 160 cm³/mol. The Bertz CT molecular complexity index is 673. The molecule has 6 heteroatoms. The molecular formula is C33H62O6. The molecule has 0 aliphatic carbocycles. The molecule has 1 N–H and O–H groups in total. The third-order valence-corrected chi connectivity index (χ3v) is 7.06. The number of unbranched alkanes of at least 4 members (excludes halogenated alkanes) is 15. The summed E-state index contributed by atoms with van der Waals surface area (Å²) in [5, 5.41) is 10.2. The van der Waals surface area contributed by atoms with Gasteiger partial charge in [-0.2, -0.15) is 0 Å². The first-order chi connectivity index (χ1) is 18.2. The fourth-order valence-electron chi connectivity index (χ4n) is 4.89. The number of hydrogen-bond donors (Lipinski definition) is 1. The lowest BCUT2D eigenvalue weighted by Gasteiger charge is -2.31. The van der Waals surface area contributed by atoms with Crippen molar-refractivity contribution in [3.05, 3.63) is 0 Å². The number of carboxylic acid groups (broad SMARTS) is 1. The number of carbonyl (C=O) groups is 3. The molecule has 0 spiro atoms. The zero-order valence-corrected chi connectivity index (χ0v) is 26.6. The van der Waals surface area contributed by atoms with Crippen molar-refractivity contribution >= 4 is 17.9 Å². The quantitative estimate of drug-likeness (QED) is 0.0768. The summed E-state index contributed by atoms with van der Waals surface area (Å²) in [4.78, 5) is 37.4. The fraction of sp³-hybridized carbons (Fsp3) is 0.909. The second kappa shape index (κ2) is 20.3. The van der Waals surface area contributed by atoms with E-state index in [1.54, 1.807) is 20.8 Å². The van der Waals surface area contributed by atoms with Crippen LogP contribution in [0.5, 0.6) is 0 Å². The van der Waals surface area contributed by atoms with Crippen LogP contribution in [-0.2, 0) is 23.9 Å². The highest BCUT2D eigenvalue weighted by atomic mass is 16.6. The number of carboxylic acids is 1. The summed E-state index contributed by atoms with van der Waals surface area (Å²) >= 11 is 0. The van der Waals surface area contributed by atoms with Gasteiger partial charge in [0.2, 0.25) is 0 Å². The van der Waals surface area contributed by atoms with Crippen LogP contribution in [-0.4, -0.2) is 34.2 Å². The lowest BCUT2D eigenvalue weighted by molar-refractivity contribution is -0.178. The minimum atomic E-state index is -1.45. The lowest BCUT2D eigenvalue weighted by atomic mass is 9.77. The van der Waals surface area contributed by atoms with Gasteiger partial charge in [0.15, 0.2) is 5.41 Å². The Balaban J connectivity index is 4.49. The van der Waals surface area contributed by atoms with Crippen LogP contribution in [0, 0.1) is 5.41 Å². The number of carbonyl (C=O) groups excluding carboxylic acids is 2. The average molecular weight is 555 g/mol. The summed E-state index contributed by atoms with van der Waals surface area (Å²) < 4.78 is 11.0. The van der Waals surface area contributed by atoms with E-state index in [1.165, 1.54) is 38.5 Å². The number of esters is 2. The number of ether oxygens (including phenoxy) is 2. The molecule has 0 aromatic carbocycles. The molecule has 0 aromatic rings. The van der Waals surface area contributed by atoms with E-state index in [4.69, 9.17) is 9.47 Å². The zero-order chi connectivity index (χ0) is 29.8. The maximum Gasteiger partial charge on any atom is 0.323 e. The maximum absolute atomic E-state index is 13.1. The molecule has 1 atom stereocenters. The molecule has 0 saturated carbocycles. The average Bonchev–Trinajstić information content (AvgIpc) is 2.80. The normalized spacial score (nSPS) is 13.6. The van der Waals surface area contributed by atoms with E-state index < -0.39 is 28.6 Å². The lowest BCUT2D eigenvalue weighted by Crippen LogP contribution is -2.43. The Morgan fingerprint density at radius 3 is 1.26 bits per heavy atom. The van der Waals surface area contributed by atoms with E-state index >= 15 is 0 Å². The molecule has 0 aliphatic heterocycles. The summed E-state index contributed by atoms with van der Waals surface area (Å²) in [5.41, 5.74) is -2.58. The monoisotopic (exact) mass is 554 g/mol. The largest absolute Gasteiger partial charge is 0.480 e. The van der Waals surface area contributed by atoms with Gasteiger partial charge in [0.1, 0.15) is 11.2 Å². The van der Waals surface area contributed by atoms with E-state index in [1.807, 2.05) is 20.8 Å².